The summed E-state index contributed by atoms with van der Waals surface area (Å²) in [7, 11) is 3.20. The maximum absolute atomic E-state index is 11.8. The molecular formula is C14H21NO3. The third kappa shape index (κ3) is 3.01. The normalized spacial score (nSPS) is 12.4. The largest absolute Gasteiger partial charge is 0.495 e. The molecule has 0 aliphatic carbocycles. The summed E-state index contributed by atoms with van der Waals surface area (Å²) in [5.74, 6) is 0.675. The first-order valence-electron chi connectivity index (χ1n) is 6.02. The summed E-state index contributed by atoms with van der Waals surface area (Å²) in [5, 5.41) is 9.33. The summed E-state index contributed by atoms with van der Waals surface area (Å²) >= 11 is 0. The van der Waals surface area contributed by atoms with Crippen molar-refractivity contribution in [3.05, 3.63) is 23.8 Å². The molecule has 1 N–H and O–H groups in total. The quantitative estimate of drug-likeness (QED) is 0.892. The second-order valence-corrected chi connectivity index (χ2v) is 4.66. The topological polar surface area (TPSA) is 49.8 Å². The fourth-order valence-corrected chi connectivity index (χ4v) is 1.73. The van der Waals surface area contributed by atoms with Gasteiger partial charge in [0.25, 0.3) is 5.91 Å². The Balaban J connectivity index is 3.13. The van der Waals surface area contributed by atoms with Gasteiger partial charge >= 0.3 is 0 Å². The number of nitrogens with zero attached hydrogens (tertiary/aromatic N) is 1. The second-order valence-electron chi connectivity index (χ2n) is 4.66. The van der Waals surface area contributed by atoms with E-state index in [1.54, 1.807) is 14.2 Å². The Morgan fingerprint density at radius 3 is 2.39 bits per heavy atom. The molecule has 1 aromatic carbocycles. The number of anilines is 1. The Morgan fingerprint density at radius 2 is 1.94 bits per heavy atom. The fraction of sp³-hybridized carbons (Fsp3) is 0.500. The van der Waals surface area contributed by atoms with E-state index >= 15 is 0 Å². The zero-order valence-corrected chi connectivity index (χ0v) is 11.6. The van der Waals surface area contributed by atoms with Crippen LogP contribution < -0.4 is 9.64 Å². The van der Waals surface area contributed by atoms with Crippen molar-refractivity contribution in [1.82, 2.24) is 0 Å². The van der Waals surface area contributed by atoms with Crippen LogP contribution in [-0.2, 0) is 4.79 Å². The molecule has 4 heteroatoms. The number of hydrogen-bond acceptors (Lipinski definition) is 3. The number of amides is 1. The van der Waals surface area contributed by atoms with Crippen LogP contribution in [-0.4, -0.2) is 31.3 Å². The van der Waals surface area contributed by atoms with Crippen molar-refractivity contribution in [3.63, 3.8) is 0 Å². The van der Waals surface area contributed by atoms with Crippen LogP contribution in [0.3, 0.4) is 0 Å². The second kappa shape index (κ2) is 5.87. The molecule has 0 fully saturated rings. The molecule has 0 aromatic heterocycles. The number of carbonyl (C=O) groups is 1. The molecule has 0 bridgehead atoms. The first-order valence-corrected chi connectivity index (χ1v) is 6.02. The van der Waals surface area contributed by atoms with Crippen molar-refractivity contribution in [2.45, 2.75) is 32.8 Å². The van der Waals surface area contributed by atoms with E-state index in [0.29, 0.717) is 17.4 Å². The van der Waals surface area contributed by atoms with Crippen molar-refractivity contribution >= 4 is 11.6 Å². The molecular weight excluding hydrogens is 230 g/mol. The van der Waals surface area contributed by atoms with Crippen molar-refractivity contribution < 1.29 is 14.6 Å². The molecule has 4 nitrogen and oxygen atoms in total. The van der Waals surface area contributed by atoms with E-state index in [0.717, 1.165) is 5.56 Å². The number of carbonyl (C=O) groups excluding carboxylic acids is 1. The van der Waals surface area contributed by atoms with Gasteiger partial charge in [0.2, 0.25) is 0 Å². The monoisotopic (exact) mass is 251 g/mol. The minimum atomic E-state index is -1.02. The summed E-state index contributed by atoms with van der Waals surface area (Å²) in [4.78, 5) is 13.2. The molecule has 0 aliphatic heterocycles. The van der Waals surface area contributed by atoms with E-state index in [2.05, 4.69) is 13.8 Å². The Kier molecular flexibility index (Phi) is 4.73. The molecule has 0 saturated carbocycles. The van der Waals surface area contributed by atoms with E-state index in [1.165, 1.54) is 11.8 Å². The SMILES string of the molecule is COc1cc(C(C)C)ccc1N(C)C(=O)C(C)O. The molecule has 0 spiro atoms. The minimum Gasteiger partial charge on any atom is -0.495 e. The van der Waals surface area contributed by atoms with Crippen LogP contribution in [0.1, 0.15) is 32.3 Å². The first-order chi connectivity index (χ1) is 8.38. The van der Waals surface area contributed by atoms with Crippen LogP contribution in [0.15, 0.2) is 18.2 Å². The van der Waals surface area contributed by atoms with E-state index in [4.69, 9.17) is 4.74 Å². The van der Waals surface area contributed by atoms with Gasteiger partial charge in [-0.25, -0.2) is 0 Å². The minimum absolute atomic E-state index is 0.356. The van der Waals surface area contributed by atoms with Gasteiger partial charge < -0.3 is 14.7 Å². The summed E-state index contributed by atoms with van der Waals surface area (Å²) in [6.45, 7) is 5.64. The molecule has 1 unspecified atom stereocenters. The van der Waals surface area contributed by atoms with Gasteiger partial charge in [0.1, 0.15) is 11.9 Å². The summed E-state index contributed by atoms with van der Waals surface area (Å²) in [6, 6.07) is 5.73. The number of rotatable bonds is 4. The number of aliphatic hydroxyl groups is 1. The maximum Gasteiger partial charge on any atom is 0.255 e. The molecule has 18 heavy (non-hydrogen) atoms. The Morgan fingerprint density at radius 1 is 1.33 bits per heavy atom. The average molecular weight is 251 g/mol. The highest BCUT2D eigenvalue weighted by atomic mass is 16.5. The predicted molar refractivity (Wildman–Crippen MR) is 72.2 cm³/mol. The van der Waals surface area contributed by atoms with Gasteiger partial charge in [-0.3, -0.25) is 4.79 Å². The van der Waals surface area contributed by atoms with Gasteiger partial charge in [-0.15, -0.1) is 0 Å². The third-order valence-electron chi connectivity index (χ3n) is 2.92. The number of hydrogen-bond donors (Lipinski definition) is 1. The van der Waals surface area contributed by atoms with Gasteiger partial charge in [0, 0.05) is 7.05 Å². The molecule has 1 rings (SSSR count). The molecule has 0 aliphatic rings. The summed E-state index contributed by atoms with van der Waals surface area (Å²) in [6.07, 6.45) is -1.02. The van der Waals surface area contributed by atoms with Gasteiger partial charge in [0.15, 0.2) is 0 Å². The Labute approximate surface area is 108 Å². The lowest BCUT2D eigenvalue weighted by molar-refractivity contribution is -0.125. The smallest absolute Gasteiger partial charge is 0.255 e. The summed E-state index contributed by atoms with van der Waals surface area (Å²) < 4.78 is 5.31. The lowest BCUT2D eigenvalue weighted by atomic mass is 10.0. The number of likely N-dealkylation sites (N-methyl/N-ethyl adjacent to an activating group) is 1. The van der Waals surface area contributed by atoms with E-state index in [1.807, 2.05) is 18.2 Å². The lowest BCUT2D eigenvalue weighted by Gasteiger charge is -2.22. The van der Waals surface area contributed by atoms with E-state index in [9.17, 15) is 9.90 Å². The molecule has 0 heterocycles. The van der Waals surface area contributed by atoms with Crippen LogP contribution in [0.4, 0.5) is 5.69 Å². The highest BCUT2D eigenvalue weighted by Crippen LogP contribution is 2.31. The molecule has 1 atom stereocenters. The van der Waals surface area contributed by atoms with Crippen molar-refractivity contribution in [3.8, 4) is 5.75 Å². The number of benzene rings is 1. The summed E-state index contributed by atoms with van der Waals surface area (Å²) in [5.41, 5.74) is 1.81. The van der Waals surface area contributed by atoms with Gasteiger partial charge in [0.05, 0.1) is 12.8 Å². The zero-order chi connectivity index (χ0) is 13.9. The number of ether oxygens (including phenoxy) is 1. The molecule has 1 amide bonds. The van der Waals surface area contributed by atoms with Crippen molar-refractivity contribution in [2.24, 2.45) is 0 Å². The highest BCUT2D eigenvalue weighted by molar-refractivity contribution is 5.97. The van der Waals surface area contributed by atoms with Crippen LogP contribution in [0.25, 0.3) is 0 Å². The van der Waals surface area contributed by atoms with Crippen LogP contribution in [0.5, 0.6) is 5.75 Å². The van der Waals surface area contributed by atoms with E-state index in [-0.39, 0.29) is 5.91 Å². The standard InChI is InChI=1S/C14H21NO3/c1-9(2)11-6-7-12(13(8-11)18-5)15(4)14(17)10(3)16/h6-10,16H,1-5H3. The zero-order valence-electron chi connectivity index (χ0n) is 11.6. The number of methoxy groups -OCH3 is 1. The Bertz CT molecular complexity index is 427. The molecule has 0 radical (unpaired) electrons. The first kappa shape index (κ1) is 14.5. The number of aliphatic hydroxyl groups excluding tert-OH is 1. The highest BCUT2D eigenvalue weighted by Gasteiger charge is 2.19. The van der Waals surface area contributed by atoms with Crippen molar-refractivity contribution in [1.29, 1.82) is 0 Å². The van der Waals surface area contributed by atoms with Crippen LogP contribution >= 0.6 is 0 Å². The van der Waals surface area contributed by atoms with Crippen LogP contribution in [0, 0.1) is 0 Å². The van der Waals surface area contributed by atoms with Gasteiger partial charge in [-0.2, -0.15) is 0 Å². The fourth-order valence-electron chi connectivity index (χ4n) is 1.73. The Hall–Kier alpha value is -1.55. The average Bonchev–Trinajstić information content (AvgIpc) is 2.35. The lowest BCUT2D eigenvalue weighted by Crippen LogP contribution is -2.34. The third-order valence-corrected chi connectivity index (χ3v) is 2.92. The van der Waals surface area contributed by atoms with E-state index < -0.39 is 6.10 Å². The molecule has 100 valence electrons. The van der Waals surface area contributed by atoms with Gasteiger partial charge in [-0.1, -0.05) is 19.9 Å². The van der Waals surface area contributed by atoms with Crippen molar-refractivity contribution in [2.75, 3.05) is 19.1 Å². The molecule has 1 aromatic rings. The predicted octanol–water partition coefficient (Wildman–Crippen LogP) is 2.16. The van der Waals surface area contributed by atoms with Crippen LogP contribution in [0.2, 0.25) is 0 Å². The molecule has 0 saturated heterocycles. The van der Waals surface area contributed by atoms with Gasteiger partial charge in [-0.05, 0) is 30.5 Å². The maximum atomic E-state index is 11.8.